The van der Waals surface area contributed by atoms with Crippen LogP contribution >= 0.6 is 11.3 Å². The normalized spacial score (nSPS) is 10.3. The molecule has 0 saturated heterocycles. The molecule has 2 nitrogen and oxygen atoms in total. The van der Waals surface area contributed by atoms with Gasteiger partial charge in [-0.3, -0.25) is 0 Å². The average molecular weight is 169 g/mol. The fourth-order valence-corrected chi connectivity index (χ4v) is 1.49. The first-order valence-electron chi connectivity index (χ1n) is 4.12. The zero-order chi connectivity index (χ0) is 7.94. The van der Waals surface area contributed by atoms with Gasteiger partial charge in [-0.25, -0.2) is 0 Å². The van der Waals surface area contributed by atoms with E-state index in [4.69, 9.17) is 0 Å². The summed E-state index contributed by atoms with van der Waals surface area (Å²) in [4.78, 5) is 0. The number of aryl methyl sites for hydroxylation is 1. The van der Waals surface area contributed by atoms with Crippen LogP contribution in [0.25, 0.3) is 0 Å². The second kappa shape index (κ2) is 5.24. The first-order chi connectivity index (χ1) is 5.43. The predicted molar refractivity (Wildman–Crippen MR) is 46.6 cm³/mol. The van der Waals surface area contributed by atoms with Crippen LogP contribution < -0.4 is 0 Å². The molecule has 0 amide bonds. The Balaban J connectivity index is 2.04. The smallest absolute Gasteiger partial charge is 0.143 e. The van der Waals surface area contributed by atoms with E-state index in [2.05, 4.69) is 22.6 Å². The molecule has 0 bridgehead atoms. The van der Waals surface area contributed by atoms with Crippen LogP contribution in [0.1, 0.15) is 37.6 Å². The zero-order valence-electron chi connectivity index (χ0n) is 6.84. The first-order valence-corrected chi connectivity index (χ1v) is 4.93. The number of hydrogen-bond acceptors (Lipinski definition) is 3. The van der Waals surface area contributed by atoms with Gasteiger partial charge in [0.25, 0.3) is 0 Å². The van der Waals surface area contributed by atoms with E-state index in [0.717, 1.165) is 11.4 Å². The molecule has 0 fully saturated rings. The number of rotatable bonds is 5. The van der Waals surface area contributed by atoms with Gasteiger partial charge in [-0.1, -0.05) is 37.5 Å². The Morgan fingerprint density at radius 3 is 2.91 bits per heavy atom. The highest BCUT2D eigenvalue weighted by Crippen LogP contribution is 2.07. The number of aromatic nitrogens is 2. The largest absolute Gasteiger partial charge is 0.178 e. The van der Waals surface area contributed by atoms with Crippen molar-refractivity contribution in [3.8, 4) is 0 Å². The van der Waals surface area contributed by atoms with Crippen LogP contribution in [-0.2, 0) is 6.42 Å². The predicted octanol–water partition coefficient (Wildman–Crippen LogP) is 2.46. The third-order valence-corrected chi connectivity index (χ3v) is 2.30. The van der Waals surface area contributed by atoms with Gasteiger partial charge in [-0.05, 0) is 6.42 Å². The van der Waals surface area contributed by atoms with E-state index in [9.17, 15) is 0 Å². The Bertz CT molecular complexity index is 172. The molecule has 0 spiro atoms. The summed E-state index contributed by atoms with van der Waals surface area (Å²) in [6.45, 7) is 2.22. The summed E-state index contributed by atoms with van der Waals surface area (Å²) in [5.74, 6) is 0. The molecule has 1 heterocycles. The summed E-state index contributed by atoms with van der Waals surface area (Å²) in [5, 5.41) is 8.72. The lowest BCUT2D eigenvalue weighted by Gasteiger charge is -1.94. The van der Waals surface area contributed by atoms with Gasteiger partial charge in [0, 0.05) is 6.42 Å². The van der Waals surface area contributed by atoms with Crippen LogP contribution in [0.5, 0.6) is 0 Å². The fraction of sp³-hybridized carbons (Fsp3) is 0.750. The van der Waals surface area contributed by atoms with E-state index in [0.29, 0.717) is 0 Å². The molecular weight excluding hydrogens is 156 g/mol. The van der Waals surface area contributed by atoms with E-state index < -0.39 is 0 Å². The molecule has 0 saturated carbocycles. The number of hydrogen-bond donors (Lipinski definition) is 0. The van der Waals surface area contributed by atoms with Gasteiger partial charge in [0.05, 0.1) is 0 Å². The van der Waals surface area contributed by atoms with Crippen LogP contribution in [-0.4, -0.2) is 10.2 Å². The first kappa shape index (κ1) is 8.65. The Morgan fingerprint density at radius 1 is 1.36 bits per heavy atom. The minimum atomic E-state index is 1.08. The van der Waals surface area contributed by atoms with Crippen LogP contribution in [0.4, 0.5) is 0 Å². The lowest BCUT2D eigenvalue weighted by Crippen LogP contribution is -1.84. The topological polar surface area (TPSA) is 25.8 Å². The van der Waals surface area contributed by atoms with E-state index in [-0.39, 0.29) is 0 Å². The van der Waals surface area contributed by atoms with Gasteiger partial charge in [-0.2, -0.15) is 0 Å². The van der Waals surface area contributed by atoms with Crippen LogP contribution in [0.2, 0.25) is 0 Å². The SMILES string of the molecule is CCCCCCc1nn[c]s1. The summed E-state index contributed by atoms with van der Waals surface area (Å²) in [5.41, 5.74) is 2.75. The highest BCUT2D eigenvalue weighted by molar-refractivity contribution is 7.08. The summed E-state index contributed by atoms with van der Waals surface area (Å²) in [7, 11) is 0. The van der Waals surface area contributed by atoms with Crippen LogP contribution in [0.15, 0.2) is 0 Å². The van der Waals surface area contributed by atoms with E-state index in [1.165, 1.54) is 37.0 Å². The maximum atomic E-state index is 3.93. The zero-order valence-corrected chi connectivity index (χ0v) is 7.65. The van der Waals surface area contributed by atoms with Gasteiger partial charge in [0.2, 0.25) is 0 Å². The minimum Gasteiger partial charge on any atom is -0.143 e. The molecule has 0 unspecified atom stereocenters. The standard InChI is InChI=1S/C8H13N2S/c1-2-3-4-5-6-8-10-9-7-11-8/h2-6H2,1H3. The Kier molecular flexibility index (Phi) is 4.12. The lowest BCUT2D eigenvalue weighted by molar-refractivity contribution is 0.663. The molecule has 0 aromatic carbocycles. The fourth-order valence-electron chi connectivity index (χ4n) is 0.974. The lowest BCUT2D eigenvalue weighted by atomic mass is 10.2. The van der Waals surface area contributed by atoms with Crippen molar-refractivity contribution < 1.29 is 0 Å². The van der Waals surface area contributed by atoms with Crippen molar-refractivity contribution in [3.05, 3.63) is 10.5 Å². The van der Waals surface area contributed by atoms with Crippen molar-refractivity contribution >= 4 is 11.3 Å². The molecular formula is C8H13N2S. The minimum absolute atomic E-state index is 1.08. The molecule has 0 aliphatic heterocycles. The summed E-state index contributed by atoms with van der Waals surface area (Å²) < 4.78 is 0. The van der Waals surface area contributed by atoms with Crippen molar-refractivity contribution in [1.82, 2.24) is 10.2 Å². The molecule has 11 heavy (non-hydrogen) atoms. The molecule has 0 atom stereocenters. The quantitative estimate of drug-likeness (QED) is 0.633. The monoisotopic (exact) mass is 169 g/mol. The Hall–Kier alpha value is -0.440. The molecule has 61 valence electrons. The van der Waals surface area contributed by atoms with Crippen LogP contribution in [0.3, 0.4) is 0 Å². The van der Waals surface area contributed by atoms with Crippen molar-refractivity contribution in [1.29, 1.82) is 0 Å². The number of unbranched alkanes of at least 4 members (excludes halogenated alkanes) is 3. The third-order valence-electron chi connectivity index (χ3n) is 1.61. The third kappa shape index (κ3) is 3.46. The summed E-state index contributed by atoms with van der Waals surface area (Å²) in [6.07, 6.45) is 6.28. The molecule has 0 N–H and O–H groups in total. The Morgan fingerprint density at radius 2 is 2.27 bits per heavy atom. The van der Waals surface area contributed by atoms with E-state index >= 15 is 0 Å². The molecule has 1 aromatic rings. The second-order valence-electron chi connectivity index (χ2n) is 2.60. The molecule has 0 aliphatic carbocycles. The maximum Gasteiger partial charge on any atom is 0.178 e. The van der Waals surface area contributed by atoms with Crippen LogP contribution in [0, 0.1) is 5.51 Å². The molecule has 3 heteroatoms. The van der Waals surface area contributed by atoms with E-state index in [1.54, 1.807) is 0 Å². The number of nitrogens with zero attached hydrogens (tertiary/aromatic N) is 2. The molecule has 0 aliphatic rings. The van der Waals surface area contributed by atoms with E-state index in [1.807, 2.05) is 0 Å². The van der Waals surface area contributed by atoms with Gasteiger partial charge >= 0.3 is 0 Å². The molecule has 1 rings (SSSR count). The van der Waals surface area contributed by atoms with Crippen molar-refractivity contribution in [2.45, 2.75) is 39.0 Å². The average Bonchev–Trinajstić information content (AvgIpc) is 2.50. The van der Waals surface area contributed by atoms with Gasteiger partial charge in [0.15, 0.2) is 5.51 Å². The van der Waals surface area contributed by atoms with Crippen molar-refractivity contribution in [2.24, 2.45) is 0 Å². The van der Waals surface area contributed by atoms with Gasteiger partial charge in [-0.15, -0.1) is 10.2 Å². The Labute approximate surface area is 71.7 Å². The molecule has 1 radical (unpaired) electrons. The maximum absolute atomic E-state index is 3.93. The summed E-state index contributed by atoms with van der Waals surface area (Å²) >= 11 is 1.53. The summed E-state index contributed by atoms with van der Waals surface area (Å²) in [6, 6.07) is 0. The van der Waals surface area contributed by atoms with Gasteiger partial charge < -0.3 is 0 Å². The highest BCUT2D eigenvalue weighted by Gasteiger charge is 1.95. The molecule has 1 aromatic heterocycles. The second-order valence-corrected chi connectivity index (χ2v) is 3.46. The van der Waals surface area contributed by atoms with Crippen molar-refractivity contribution in [3.63, 3.8) is 0 Å². The van der Waals surface area contributed by atoms with Crippen molar-refractivity contribution in [2.75, 3.05) is 0 Å². The highest BCUT2D eigenvalue weighted by atomic mass is 32.1. The van der Waals surface area contributed by atoms with Gasteiger partial charge in [0.1, 0.15) is 5.01 Å².